The standard InChI is InChI=1S/C22H22ClN3OS/c1-14(27)25-22-20(17-9-2-3-11-19(17)28-22)21(18-10-4-5-12-24-18)26-16-8-6-7-15(23)13-16/h4-8,10,12-13,21,26H,2-3,9,11H2,1H3,(H,25,27). The third-order valence-corrected chi connectivity index (χ3v) is 6.37. The molecule has 4 rings (SSSR count). The van der Waals surface area contributed by atoms with E-state index in [0.29, 0.717) is 5.02 Å². The number of nitrogens with zero attached hydrogens (tertiary/aromatic N) is 1. The van der Waals surface area contributed by atoms with Crippen LogP contribution in [0.2, 0.25) is 5.02 Å². The Labute approximate surface area is 174 Å². The van der Waals surface area contributed by atoms with Gasteiger partial charge in [0.25, 0.3) is 0 Å². The number of benzene rings is 1. The third-order valence-electron chi connectivity index (χ3n) is 4.91. The molecule has 1 aliphatic rings. The Hall–Kier alpha value is -2.37. The predicted molar refractivity (Wildman–Crippen MR) is 116 cm³/mol. The van der Waals surface area contributed by atoms with Crippen LogP contribution < -0.4 is 10.6 Å². The second kappa shape index (κ2) is 8.33. The average molecular weight is 412 g/mol. The number of rotatable bonds is 5. The second-order valence-electron chi connectivity index (χ2n) is 6.98. The van der Waals surface area contributed by atoms with E-state index >= 15 is 0 Å². The van der Waals surface area contributed by atoms with Gasteiger partial charge < -0.3 is 10.6 Å². The Kier molecular flexibility index (Phi) is 5.64. The fourth-order valence-electron chi connectivity index (χ4n) is 3.73. The van der Waals surface area contributed by atoms with Gasteiger partial charge in [-0.25, -0.2) is 0 Å². The van der Waals surface area contributed by atoms with E-state index in [-0.39, 0.29) is 11.9 Å². The highest BCUT2D eigenvalue weighted by atomic mass is 35.5. The van der Waals surface area contributed by atoms with Crippen LogP contribution in [0.1, 0.15) is 47.5 Å². The van der Waals surface area contributed by atoms with Gasteiger partial charge in [0, 0.05) is 34.3 Å². The number of fused-ring (bicyclic) bond motifs is 1. The zero-order chi connectivity index (χ0) is 19.5. The molecular formula is C22H22ClN3OS. The first-order valence-electron chi connectivity index (χ1n) is 9.47. The Morgan fingerprint density at radius 2 is 2.04 bits per heavy atom. The van der Waals surface area contributed by atoms with Crippen molar-refractivity contribution in [3.63, 3.8) is 0 Å². The van der Waals surface area contributed by atoms with E-state index in [9.17, 15) is 4.79 Å². The predicted octanol–water partition coefficient (Wildman–Crippen LogP) is 5.84. The largest absolute Gasteiger partial charge is 0.373 e. The Morgan fingerprint density at radius 3 is 2.79 bits per heavy atom. The van der Waals surface area contributed by atoms with Crippen LogP contribution >= 0.6 is 22.9 Å². The number of aryl methyl sites for hydroxylation is 1. The van der Waals surface area contributed by atoms with Crippen molar-refractivity contribution in [3.05, 3.63) is 75.4 Å². The maximum absolute atomic E-state index is 11.9. The zero-order valence-corrected chi connectivity index (χ0v) is 17.2. The van der Waals surface area contributed by atoms with E-state index in [2.05, 4.69) is 15.6 Å². The lowest BCUT2D eigenvalue weighted by Crippen LogP contribution is -2.18. The number of thiophene rings is 1. The van der Waals surface area contributed by atoms with Crippen LogP contribution in [0, 0.1) is 0 Å². The molecule has 1 atom stereocenters. The summed E-state index contributed by atoms with van der Waals surface area (Å²) in [7, 11) is 0. The van der Waals surface area contributed by atoms with E-state index in [0.717, 1.165) is 34.8 Å². The van der Waals surface area contributed by atoms with Gasteiger partial charge in [0.1, 0.15) is 5.00 Å². The summed E-state index contributed by atoms with van der Waals surface area (Å²) in [5.41, 5.74) is 4.33. The molecule has 4 nitrogen and oxygen atoms in total. The van der Waals surface area contributed by atoms with Crippen molar-refractivity contribution >= 4 is 39.5 Å². The highest BCUT2D eigenvalue weighted by Gasteiger charge is 2.28. The molecule has 6 heteroatoms. The number of anilines is 2. The summed E-state index contributed by atoms with van der Waals surface area (Å²) in [5.74, 6) is -0.0534. The molecule has 0 saturated carbocycles. The lowest BCUT2D eigenvalue weighted by molar-refractivity contribution is -0.114. The number of carbonyl (C=O) groups excluding carboxylic acids is 1. The van der Waals surface area contributed by atoms with Gasteiger partial charge in [-0.2, -0.15) is 0 Å². The average Bonchev–Trinajstić information content (AvgIpc) is 3.04. The van der Waals surface area contributed by atoms with Gasteiger partial charge in [-0.05, 0) is 61.6 Å². The highest BCUT2D eigenvalue weighted by Crippen LogP contribution is 2.44. The first-order chi connectivity index (χ1) is 13.6. The smallest absolute Gasteiger partial charge is 0.221 e. The molecule has 1 aliphatic carbocycles. The lowest BCUT2D eigenvalue weighted by atomic mass is 9.91. The molecule has 2 heterocycles. The maximum atomic E-state index is 11.9. The fourth-order valence-corrected chi connectivity index (χ4v) is 5.30. The van der Waals surface area contributed by atoms with Crippen LogP contribution in [0.25, 0.3) is 0 Å². The van der Waals surface area contributed by atoms with E-state index < -0.39 is 0 Å². The molecule has 0 bridgehead atoms. The first-order valence-corrected chi connectivity index (χ1v) is 10.7. The van der Waals surface area contributed by atoms with Crippen LogP contribution in [-0.2, 0) is 17.6 Å². The Balaban J connectivity index is 1.84. The summed E-state index contributed by atoms with van der Waals surface area (Å²) in [6.07, 6.45) is 6.27. The Morgan fingerprint density at radius 1 is 1.18 bits per heavy atom. The quantitative estimate of drug-likeness (QED) is 0.554. The van der Waals surface area contributed by atoms with Crippen molar-refractivity contribution in [3.8, 4) is 0 Å². The van der Waals surface area contributed by atoms with Crippen molar-refractivity contribution in [2.45, 2.75) is 38.6 Å². The van der Waals surface area contributed by atoms with Crippen LogP contribution in [-0.4, -0.2) is 10.9 Å². The van der Waals surface area contributed by atoms with Gasteiger partial charge in [-0.15, -0.1) is 11.3 Å². The summed E-state index contributed by atoms with van der Waals surface area (Å²) in [6.45, 7) is 1.56. The molecule has 1 unspecified atom stereocenters. The van der Waals surface area contributed by atoms with Gasteiger partial charge in [0.2, 0.25) is 5.91 Å². The van der Waals surface area contributed by atoms with Crippen LogP contribution in [0.4, 0.5) is 10.7 Å². The van der Waals surface area contributed by atoms with Gasteiger partial charge in [-0.3, -0.25) is 9.78 Å². The molecule has 0 fully saturated rings. The number of hydrogen-bond donors (Lipinski definition) is 2. The molecule has 2 N–H and O–H groups in total. The highest BCUT2D eigenvalue weighted by molar-refractivity contribution is 7.16. The van der Waals surface area contributed by atoms with Crippen molar-refractivity contribution in [2.75, 3.05) is 10.6 Å². The van der Waals surface area contributed by atoms with E-state index in [1.165, 1.54) is 23.3 Å². The second-order valence-corrected chi connectivity index (χ2v) is 8.52. The van der Waals surface area contributed by atoms with Crippen molar-refractivity contribution in [1.29, 1.82) is 0 Å². The summed E-state index contributed by atoms with van der Waals surface area (Å²) >= 11 is 7.91. The van der Waals surface area contributed by atoms with E-state index in [1.807, 2.05) is 42.5 Å². The lowest BCUT2D eigenvalue weighted by Gasteiger charge is -2.23. The molecule has 0 radical (unpaired) electrons. The zero-order valence-electron chi connectivity index (χ0n) is 15.7. The number of aromatic nitrogens is 1. The fraction of sp³-hybridized carbons (Fsp3) is 0.273. The molecule has 0 spiro atoms. The molecule has 1 aromatic carbocycles. The minimum absolute atomic E-state index is 0.0534. The maximum Gasteiger partial charge on any atom is 0.221 e. The topological polar surface area (TPSA) is 54.0 Å². The molecule has 3 aromatic rings. The SMILES string of the molecule is CC(=O)Nc1sc2c(c1C(Nc1cccc(Cl)c1)c1ccccn1)CCCC2. The molecule has 0 aliphatic heterocycles. The van der Waals surface area contributed by atoms with Gasteiger partial charge >= 0.3 is 0 Å². The molecule has 28 heavy (non-hydrogen) atoms. The number of nitrogens with one attached hydrogen (secondary N) is 2. The van der Waals surface area contributed by atoms with Crippen molar-refractivity contribution in [2.24, 2.45) is 0 Å². The van der Waals surface area contributed by atoms with Gasteiger partial charge in [0.15, 0.2) is 0 Å². The van der Waals surface area contributed by atoms with Crippen LogP contribution in [0.5, 0.6) is 0 Å². The van der Waals surface area contributed by atoms with E-state index in [1.54, 1.807) is 24.5 Å². The molecule has 1 amide bonds. The molecule has 2 aromatic heterocycles. The monoisotopic (exact) mass is 411 g/mol. The minimum atomic E-state index is -0.167. The summed E-state index contributed by atoms with van der Waals surface area (Å²) in [5, 5.41) is 8.28. The minimum Gasteiger partial charge on any atom is -0.373 e. The molecular weight excluding hydrogens is 390 g/mol. The molecule has 144 valence electrons. The van der Waals surface area contributed by atoms with Crippen LogP contribution in [0.15, 0.2) is 48.7 Å². The summed E-state index contributed by atoms with van der Waals surface area (Å²) in [4.78, 5) is 17.9. The normalized spacial score (nSPS) is 14.2. The van der Waals surface area contributed by atoms with Crippen molar-refractivity contribution < 1.29 is 4.79 Å². The first kappa shape index (κ1) is 19.0. The number of carbonyl (C=O) groups is 1. The summed E-state index contributed by atoms with van der Waals surface area (Å²) < 4.78 is 0. The molecule has 0 saturated heterocycles. The van der Waals surface area contributed by atoms with Crippen molar-refractivity contribution in [1.82, 2.24) is 4.98 Å². The van der Waals surface area contributed by atoms with Gasteiger partial charge in [-0.1, -0.05) is 23.7 Å². The Bertz CT molecular complexity index is 987. The van der Waals surface area contributed by atoms with Gasteiger partial charge in [0.05, 0.1) is 11.7 Å². The number of hydrogen-bond acceptors (Lipinski definition) is 4. The number of amides is 1. The number of halogens is 1. The number of pyridine rings is 1. The third kappa shape index (κ3) is 4.05. The van der Waals surface area contributed by atoms with Crippen LogP contribution in [0.3, 0.4) is 0 Å². The summed E-state index contributed by atoms with van der Waals surface area (Å²) in [6, 6.07) is 13.5. The van der Waals surface area contributed by atoms with E-state index in [4.69, 9.17) is 11.6 Å².